The second kappa shape index (κ2) is 6.24. The van der Waals surface area contributed by atoms with E-state index >= 15 is 0 Å². The van der Waals surface area contributed by atoms with Crippen LogP contribution in [0.5, 0.6) is 5.75 Å². The SMILES string of the molecule is CNC(COc1ccccc1CCO)(C(N)=O)C1CC1. The summed E-state index contributed by atoms with van der Waals surface area (Å²) >= 11 is 0. The molecule has 0 radical (unpaired) electrons. The fraction of sp³-hybridized carbons (Fsp3) is 0.533. The maximum absolute atomic E-state index is 11.8. The number of nitrogens with one attached hydrogen (secondary N) is 1. The van der Waals surface area contributed by atoms with Gasteiger partial charge in [-0.1, -0.05) is 18.2 Å². The lowest BCUT2D eigenvalue weighted by atomic mass is 9.93. The zero-order valence-corrected chi connectivity index (χ0v) is 11.8. The highest BCUT2D eigenvalue weighted by Gasteiger charge is 2.49. The summed E-state index contributed by atoms with van der Waals surface area (Å²) in [6.07, 6.45) is 2.51. The van der Waals surface area contributed by atoms with E-state index < -0.39 is 5.54 Å². The molecule has 0 bridgehead atoms. The van der Waals surface area contributed by atoms with E-state index in [0.717, 1.165) is 18.4 Å². The van der Waals surface area contributed by atoms with Crippen LogP contribution in [0, 0.1) is 5.92 Å². The normalized spacial score (nSPS) is 17.5. The van der Waals surface area contributed by atoms with Crippen LogP contribution in [-0.2, 0) is 11.2 Å². The van der Waals surface area contributed by atoms with Crippen LogP contribution in [-0.4, -0.2) is 36.8 Å². The largest absolute Gasteiger partial charge is 0.491 e. The van der Waals surface area contributed by atoms with Crippen molar-refractivity contribution >= 4 is 5.91 Å². The Kier molecular flexibility index (Phi) is 4.62. The number of amides is 1. The van der Waals surface area contributed by atoms with Crippen molar-refractivity contribution in [3.8, 4) is 5.75 Å². The molecule has 4 N–H and O–H groups in total. The van der Waals surface area contributed by atoms with E-state index in [1.807, 2.05) is 24.3 Å². The van der Waals surface area contributed by atoms with E-state index in [2.05, 4.69) is 5.32 Å². The Morgan fingerprint density at radius 2 is 2.20 bits per heavy atom. The van der Waals surface area contributed by atoms with Gasteiger partial charge in [-0.2, -0.15) is 0 Å². The Bertz CT molecular complexity index is 474. The molecule has 5 heteroatoms. The maximum Gasteiger partial charge on any atom is 0.241 e. The molecule has 1 aromatic rings. The second-order valence-electron chi connectivity index (χ2n) is 5.23. The van der Waals surface area contributed by atoms with Gasteiger partial charge >= 0.3 is 0 Å². The monoisotopic (exact) mass is 278 g/mol. The highest BCUT2D eigenvalue weighted by atomic mass is 16.5. The summed E-state index contributed by atoms with van der Waals surface area (Å²) < 4.78 is 5.83. The number of rotatable bonds is 8. The van der Waals surface area contributed by atoms with Crippen molar-refractivity contribution in [2.24, 2.45) is 11.7 Å². The molecule has 1 aliphatic carbocycles. The van der Waals surface area contributed by atoms with E-state index in [1.165, 1.54) is 0 Å². The van der Waals surface area contributed by atoms with Gasteiger partial charge in [0.25, 0.3) is 0 Å². The molecule has 0 heterocycles. The zero-order chi connectivity index (χ0) is 14.6. The van der Waals surface area contributed by atoms with Gasteiger partial charge in [-0.3, -0.25) is 4.79 Å². The molecular weight excluding hydrogens is 256 g/mol. The minimum absolute atomic E-state index is 0.0655. The molecule has 1 unspecified atom stereocenters. The number of aliphatic hydroxyl groups excluding tert-OH is 1. The first-order chi connectivity index (χ1) is 9.64. The maximum atomic E-state index is 11.8. The number of hydrogen-bond donors (Lipinski definition) is 3. The summed E-state index contributed by atoms with van der Waals surface area (Å²) in [7, 11) is 1.74. The predicted octanol–water partition coefficient (Wildman–Crippen LogP) is 0.454. The smallest absolute Gasteiger partial charge is 0.241 e. The van der Waals surface area contributed by atoms with Crippen molar-refractivity contribution in [2.45, 2.75) is 24.8 Å². The molecule has 1 aliphatic rings. The third-order valence-electron chi connectivity index (χ3n) is 3.97. The van der Waals surface area contributed by atoms with Crippen molar-refractivity contribution in [1.82, 2.24) is 5.32 Å². The fourth-order valence-electron chi connectivity index (χ4n) is 2.53. The average Bonchev–Trinajstić information content (AvgIpc) is 3.27. The average molecular weight is 278 g/mol. The molecule has 1 amide bonds. The standard InChI is InChI=1S/C15H22N2O3/c1-17-15(14(16)19,12-6-7-12)10-20-13-5-3-2-4-11(13)8-9-18/h2-5,12,17-18H,6-10H2,1H3,(H2,16,19). The van der Waals surface area contributed by atoms with Gasteiger partial charge < -0.3 is 20.9 Å². The summed E-state index contributed by atoms with van der Waals surface area (Å²) in [4.78, 5) is 11.8. The molecule has 0 spiro atoms. The number of aliphatic hydroxyl groups is 1. The van der Waals surface area contributed by atoms with Crippen LogP contribution < -0.4 is 15.8 Å². The lowest BCUT2D eigenvalue weighted by Gasteiger charge is -2.30. The number of likely N-dealkylation sites (N-methyl/N-ethyl adjacent to an activating group) is 1. The van der Waals surface area contributed by atoms with Crippen molar-refractivity contribution in [1.29, 1.82) is 0 Å². The minimum atomic E-state index is -0.799. The Morgan fingerprint density at radius 1 is 1.50 bits per heavy atom. The summed E-state index contributed by atoms with van der Waals surface area (Å²) in [6.45, 7) is 0.280. The zero-order valence-electron chi connectivity index (χ0n) is 11.8. The fourth-order valence-corrected chi connectivity index (χ4v) is 2.53. The van der Waals surface area contributed by atoms with Gasteiger partial charge in [0, 0.05) is 6.61 Å². The van der Waals surface area contributed by atoms with Crippen LogP contribution in [0.4, 0.5) is 0 Å². The van der Waals surface area contributed by atoms with Crippen LogP contribution in [0.3, 0.4) is 0 Å². The molecule has 2 rings (SSSR count). The van der Waals surface area contributed by atoms with Gasteiger partial charge in [0.1, 0.15) is 17.9 Å². The van der Waals surface area contributed by atoms with Gasteiger partial charge in [-0.05, 0) is 43.9 Å². The highest BCUT2D eigenvalue weighted by molar-refractivity contribution is 5.85. The molecule has 1 fully saturated rings. The molecule has 110 valence electrons. The number of primary amides is 1. The number of hydrogen-bond acceptors (Lipinski definition) is 4. The van der Waals surface area contributed by atoms with Crippen molar-refractivity contribution in [2.75, 3.05) is 20.3 Å². The first-order valence-electron chi connectivity index (χ1n) is 6.94. The Hall–Kier alpha value is -1.59. The number of carbonyl (C=O) groups excluding carboxylic acids is 1. The molecular formula is C15H22N2O3. The van der Waals surface area contributed by atoms with E-state index in [4.69, 9.17) is 15.6 Å². The van der Waals surface area contributed by atoms with Crippen LogP contribution in [0.15, 0.2) is 24.3 Å². The Labute approximate surface area is 119 Å². The minimum Gasteiger partial charge on any atom is -0.491 e. The van der Waals surface area contributed by atoms with Crippen molar-refractivity contribution in [3.63, 3.8) is 0 Å². The molecule has 1 saturated carbocycles. The molecule has 0 saturated heterocycles. The highest BCUT2D eigenvalue weighted by Crippen LogP contribution is 2.40. The van der Waals surface area contributed by atoms with Gasteiger partial charge in [0.15, 0.2) is 0 Å². The van der Waals surface area contributed by atoms with E-state index in [0.29, 0.717) is 12.2 Å². The van der Waals surface area contributed by atoms with Crippen LogP contribution in [0.2, 0.25) is 0 Å². The molecule has 0 aliphatic heterocycles. The van der Waals surface area contributed by atoms with Gasteiger partial charge in [0.05, 0.1) is 0 Å². The number of nitrogens with two attached hydrogens (primary N) is 1. The molecule has 20 heavy (non-hydrogen) atoms. The summed E-state index contributed by atoms with van der Waals surface area (Å²) in [5, 5.41) is 12.1. The first kappa shape index (κ1) is 14.8. The van der Waals surface area contributed by atoms with E-state index in [1.54, 1.807) is 7.05 Å². The Morgan fingerprint density at radius 3 is 2.75 bits per heavy atom. The van der Waals surface area contributed by atoms with Gasteiger partial charge in [-0.25, -0.2) is 0 Å². The predicted molar refractivity (Wildman–Crippen MR) is 76.4 cm³/mol. The van der Waals surface area contributed by atoms with Gasteiger partial charge in [-0.15, -0.1) is 0 Å². The summed E-state index contributed by atoms with van der Waals surface area (Å²) in [6, 6.07) is 7.53. The number of ether oxygens (including phenoxy) is 1. The van der Waals surface area contributed by atoms with Gasteiger partial charge in [0.2, 0.25) is 5.91 Å². The number of carbonyl (C=O) groups is 1. The van der Waals surface area contributed by atoms with E-state index in [9.17, 15) is 4.79 Å². The topological polar surface area (TPSA) is 84.6 Å². The molecule has 0 aromatic heterocycles. The van der Waals surface area contributed by atoms with Crippen LogP contribution in [0.1, 0.15) is 18.4 Å². The van der Waals surface area contributed by atoms with Crippen LogP contribution >= 0.6 is 0 Å². The van der Waals surface area contributed by atoms with Crippen LogP contribution in [0.25, 0.3) is 0 Å². The third kappa shape index (κ3) is 2.94. The molecule has 1 atom stereocenters. The Balaban J connectivity index is 2.12. The van der Waals surface area contributed by atoms with Crippen molar-refractivity contribution in [3.05, 3.63) is 29.8 Å². The summed E-state index contributed by atoms with van der Waals surface area (Å²) in [5.74, 6) is 0.570. The van der Waals surface area contributed by atoms with Crippen molar-refractivity contribution < 1.29 is 14.6 Å². The lowest BCUT2D eigenvalue weighted by Crippen LogP contribution is -2.59. The summed E-state index contributed by atoms with van der Waals surface area (Å²) in [5.41, 5.74) is 5.69. The second-order valence-corrected chi connectivity index (χ2v) is 5.23. The third-order valence-corrected chi connectivity index (χ3v) is 3.97. The molecule has 5 nitrogen and oxygen atoms in total. The number of benzene rings is 1. The number of para-hydroxylation sites is 1. The quantitative estimate of drug-likeness (QED) is 0.645. The first-order valence-corrected chi connectivity index (χ1v) is 6.94. The lowest BCUT2D eigenvalue weighted by molar-refractivity contribution is -0.126. The molecule has 1 aromatic carbocycles. The van der Waals surface area contributed by atoms with E-state index in [-0.39, 0.29) is 25.0 Å².